The number of oxazole rings is 1. The van der Waals surface area contributed by atoms with Crippen LogP contribution in [-0.2, 0) is 11.2 Å². The van der Waals surface area contributed by atoms with Gasteiger partial charge in [0.1, 0.15) is 11.8 Å². The third kappa shape index (κ3) is 4.35. The predicted octanol–water partition coefficient (Wildman–Crippen LogP) is 4.00. The van der Waals surface area contributed by atoms with Crippen LogP contribution in [0.5, 0.6) is 0 Å². The van der Waals surface area contributed by atoms with Crippen molar-refractivity contribution in [3.63, 3.8) is 0 Å². The summed E-state index contributed by atoms with van der Waals surface area (Å²) >= 11 is 0. The minimum atomic E-state index is -0.755. The van der Waals surface area contributed by atoms with E-state index in [1.54, 1.807) is 12.3 Å². The minimum absolute atomic E-state index is 0.0967. The summed E-state index contributed by atoms with van der Waals surface area (Å²) in [6, 6.07) is 12.1. The molecule has 0 aliphatic heterocycles. The predicted molar refractivity (Wildman–Crippen MR) is 103 cm³/mol. The second-order valence-corrected chi connectivity index (χ2v) is 6.17. The molecule has 0 unspecified atom stereocenters. The lowest BCUT2D eigenvalue weighted by molar-refractivity contribution is -0.385. The Labute approximate surface area is 161 Å². The molecule has 2 aromatic carbocycles. The Morgan fingerprint density at radius 1 is 1.25 bits per heavy atom. The highest BCUT2D eigenvalue weighted by molar-refractivity contribution is 5.95. The lowest BCUT2D eigenvalue weighted by Gasteiger charge is -2.07. The van der Waals surface area contributed by atoms with E-state index < -0.39 is 10.9 Å². The average molecular weight is 381 g/mol. The van der Waals surface area contributed by atoms with Gasteiger partial charge in [-0.2, -0.15) is 0 Å². The van der Waals surface area contributed by atoms with Gasteiger partial charge in [-0.05, 0) is 31.2 Å². The first-order valence-corrected chi connectivity index (χ1v) is 8.60. The van der Waals surface area contributed by atoms with E-state index in [1.165, 1.54) is 19.2 Å². The van der Waals surface area contributed by atoms with Crippen molar-refractivity contribution in [2.45, 2.75) is 13.3 Å². The molecule has 1 aromatic heterocycles. The maximum Gasteiger partial charge on any atom is 0.344 e. The van der Waals surface area contributed by atoms with E-state index in [0.29, 0.717) is 24.5 Å². The summed E-state index contributed by atoms with van der Waals surface area (Å²) < 4.78 is 10.1. The molecule has 1 N–H and O–H groups in total. The molecule has 0 amide bonds. The molecule has 0 spiro atoms. The molecular weight excluding hydrogens is 362 g/mol. The van der Waals surface area contributed by atoms with Crippen molar-refractivity contribution < 1.29 is 18.9 Å². The standard InChI is InChI=1S/C20H19N3O5/c1-13-3-5-14(6-4-13)19-22-16(12-28-19)9-10-21-15-7-8-18(23(25)26)17(11-15)20(24)27-2/h3-8,11-12,21H,9-10H2,1-2H3. The number of nitro groups is 1. The van der Waals surface area contributed by atoms with Gasteiger partial charge in [0, 0.05) is 30.3 Å². The molecule has 0 aliphatic rings. The van der Waals surface area contributed by atoms with Gasteiger partial charge in [0.05, 0.1) is 17.7 Å². The van der Waals surface area contributed by atoms with Crippen molar-refractivity contribution in [2.75, 3.05) is 19.0 Å². The first-order valence-electron chi connectivity index (χ1n) is 8.60. The molecule has 0 saturated carbocycles. The van der Waals surface area contributed by atoms with E-state index in [4.69, 9.17) is 4.42 Å². The highest BCUT2D eigenvalue weighted by Crippen LogP contribution is 2.24. The van der Waals surface area contributed by atoms with Crippen LogP contribution in [0.4, 0.5) is 11.4 Å². The van der Waals surface area contributed by atoms with Crippen molar-refractivity contribution in [1.29, 1.82) is 0 Å². The van der Waals surface area contributed by atoms with Crippen molar-refractivity contribution in [3.05, 3.63) is 75.7 Å². The first kappa shape index (κ1) is 19.1. The number of aryl methyl sites for hydroxylation is 1. The smallest absolute Gasteiger partial charge is 0.344 e. The Balaban J connectivity index is 1.64. The average Bonchev–Trinajstić information content (AvgIpc) is 3.16. The van der Waals surface area contributed by atoms with Gasteiger partial charge in [-0.15, -0.1) is 0 Å². The van der Waals surface area contributed by atoms with E-state index in [2.05, 4.69) is 15.0 Å². The SMILES string of the molecule is COC(=O)c1cc(NCCc2coc(-c3ccc(C)cc3)n2)ccc1[N+](=O)[O-]. The number of anilines is 1. The number of methoxy groups -OCH3 is 1. The van der Waals surface area contributed by atoms with E-state index in [-0.39, 0.29) is 11.3 Å². The summed E-state index contributed by atoms with van der Waals surface area (Å²) in [5, 5.41) is 14.2. The molecule has 0 aliphatic carbocycles. The number of nitrogens with zero attached hydrogens (tertiary/aromatic N) is 2. The maximum absolute atomic E-state index is 11.8. The number of ether oxygens (including phenoxy) is 1. The van der Waals surface area contributed by atoms with E-state index in [0.717, 1.165) is 16.8 Å². The molecule has 3 aromatic rings. The van der Waals surface area contributed by atoms with Crippen LogP contribution in [0.3, 0.4) is 0 Å². The highest BCUT2D eigenvalue weighted by atomic mass is 16.6. The molecule has 8 heteroatoms. The molecule has 1 heterocycles. The van der Waals surface area contributed by atoms with Crippen LogP contribution < -0.4 is 5.32 Å². The number of esters is 1. The van der Waals surface area contributed by atoms with E-state index in [9.17, 15) is 14.9 Å². The number of rotatable bonds is 7. The number of hydrogen-bond acceptors (Lipinski definition) is 7. The van der Waals surface area contributed by atoms with Gasteiger partial charge in [-0.25, -0.2) is 9.78 Å². The van der Waals surface area contributed by atoms with Crippen LogP contribution >= 0.6 is 0 Å². The largest absolute Gasteiger partial charge is 0.465 e. The molecule has 8 nitrogen and oxygen atoms in total. The highest BCUT2D eigenvalue weighted by Gasteiger charge is 2.21. The quantitative estimate of drug-likeness (QED) is 0.374. The summed E-state index contributed by atoms with van der Waals surface area (Å²) in [7, 11) is 1.18. The van der Waals surface area contributed by atoms with E-state index in [1.807, 2.05) is 31.2 Å². The summed E-state index contributed by atoms with van der Waals surface area (Å²) in [6.07, 6.45) is 2.19. The Hall–Kier alpha value is -3.68. The number of hydrogen-bond donors (Lipinski definition) is 1. The zero-order valence-electron chi connectivity index (χ0n) is 15.5. The van der Waals surface area contributed by atoms with Crippen molar-refractivity contribution in [3.8, 4) is 11.5 Å². The van der Waals surface area contributed by atoms with Gasteiger partial charge in [0.25, 0.3) is 5.69 Å². The van der Waals surface area contributed by atoms with Gasteiger partial charge < -0.3 is 14.5 Å². The van der Waals surface area contributed by atoms with Gasteiger partial charge >= 0.3 is 5.97 Å². The zero-order chi connectivity index (χ0) is 20.1. The number of aromatic nitrogens is 1. The van der Waals surface area contributed by atoms with Crippen LogP contribution in [0.2, 0.25) is 0 Å². The number of carbonyl (C=O) groups is 1. The topological polar surface area (TPSA) is 108 Å². The molecular formula is C20H19N3O5. The molecule has 28 heavy (non-hydrogen) atoms. The second kappa shape index (κ2) is 8.34. The number of carbonyl (C=O) groups excluding carboxylic acids is 1. The third-order valence-electron chi connectivity index (χ3n) is 4.16. The molecule has 144 valence electrons. The van der Waals surface area contributed by atoms with Gasteiger partial charge in [0.2, 0.25) is 5.89 Å². The Morgan fingerprint density at radius 2 is 2.00 bits per heavy atom. The van der Waals surface area contributed by atoms with Crippen molar-refractivity contribution >= 4 is 17.3 Å². The van der Waals surface area contributed by atoms with E-state index >= 15 is 0 Å². The molecule has 0 radical (unpaired) electrons. The zero-order valence-corrected chi connectivity index (χ0v) is 15.5. The van der Waals surface area contributed by atoms with Gasteiger partial charge in [-0.3, -0.25) is 10.1 Å². The Morgan fingerprint density at radius 3 is 2.68 bits per heavy atom. The normalized spacial score (nSPS) is 10.5. The lowest BCUT2D eigenvalue weighted by Crippen LogP contribution is -2.09. The van der Waals surface area contributed by atoms with Crippen molar-refractivity contribution in [1.82, 2.24) is 4.98 Å². The monoisotopic (exact) mass is 381 g/mol. The molecule has 3 rings (SSSR count). The fraction of sp³-hybridized carbons (Fsp3) is 0.200. The van der Waals surface area contributed by atoms with Crippen LogP contribution in [0.25, 0.3) is 11.5 Å². The summed E-state index contributed by atoms with van der Waals surface area (Å²) in [5.74, 6) is -0.201. The lowest BCUT2D eigenvalue weighted by atomic mass is 10.1. The van der Waals surface area contributed by atoms with Crippen LogP contribution in [0.1, 0.15) is 21.6 Å². The first-order chi connectivity index (χ1) is 13.5. The summed E-state index contributed by atoms with van der Waals surface area (Å²) in [5.41, 5.74) is 3.03. The second-order valence-electron chi connectivity index (χ2n) is 6.17. The summed E-state index contributed by atoms with van der Waals surface area (Å²) in [6.45, 7) is 2.53. The van der Waals surface area contributed by atoms with Gasteiger partial charge in [0.15, 0.2) is 0 Å². The molecule has 0 fully saturated rings. The van der Waals surface area contributed by atoms with Crippen LogP contribution in [-0.4, -0.2) is 29.5 Å². The van der Waals surface area contributed by atoms with Gasteiger partial charge in [-0.1, -0.05) is 17.7 Å². The number of nitro benzene ring substituents is 1. The summed E-state index contributed by atoms with van der Waals surface area (Å²) in [4.78, 5) is 26.7. The fourth-order valence-electron chi connectivity index (χ4n) is 2.66. The van der Waals surface area contributed by atoms with Crippen LogP contribution in [0, 0.1) is 17.0 Å². The molecule has 0 bridgehead atoms. The van der Waals surface area contributed by atoms with Crippen molar-refractivity contribution in [2.24, 2.45) is 0 Å². The Kier molecular flexibility index (Phi) is 5.69. The molecule has 0 saturated heterocycles. The number of benzene rings is 2. The Bertz CT molecular complexity index is 995. The molecule has 0 atom stereocenters. The maximum atomic E-state index is 11.8. The van der Waals surface area contributed by atoms with Crippen LogP contribution in [0.15, 0.2) is 53.1 Å². The third-order valence-corrected chi connectivity index (χ3v) is 4.16. The fourth-order valence-corrected chi connectivity index (χ4v) is 2.66. The minimum Gasteiger partial charge on any atom is -0.465 e. The number of nitrogens with one attached hydrogen (secondary N) is 1.